The van der Waals surface area contributed by atoms with Gasteiger partial charge in [0.25, 0.3) is 0 Å². The first-order valence-corrected chi connectivity index (χ1v) is 9.69. The number of aromatic nitrogens is 2. The van der Waals surface area contributed by atoms with E-state index < -0.39 is 0 Å². The molecule has 5 nitrogen and oxygen atoms in total. The van der Waals surface area contributed by atoms with Crippen LogP contribution in [0.4, 0.5) is 0 Å². The molecule has 0 amide bonds. The van der Waals surface area contributed by atoms with Crippen LogP contribution in [0.3, 0.4) is 0 Å². The standard InChI is InChI=1S/C22H27N3O2/c1-15-19-14-24-25-20(19)11-12-21(15)27-18-9-7-17(8-10-18)23-13-16-5-3-4-6-22(16)26-2/h3-6,11-12,14,17-18,23H,7-10,13H2,1-2H3,(H,24,25). The summed E-state index contributed by atoms with van der Waals surface area (Å²) in [7, 11) is 1.73. The van der Waals surface area contributed by atoms with E-state index in [-0.39, 0.29) is 6.10 Å². The molecule has 0 bridgehead atoms. The van der Waals surface area contributed by atoms with Crippen molar-refractivity contribution >= 4 is 10.9 Å². The fourth-order valence-electron chi connectivity index (χ4n) is 3.93. The van der Waals surface area contributed by atoms with Gasteiger partial charge in [-0.3, -0.25) is 5.10 Å². The van der Waals surface area contributed by atoms with Gasteiger partial charge in [0.1, 0.15) is 11.5 Å². The van der Waals surface area contributed by atoms with Gasteiger partial charge in [0.2, 0.25) is 0 Å². The molecule has 0 unspecified atom stereocenters. The Bertz CT molecular complexity index is 897. The molecule has 1 aliphatic carbocycles. The number of benzene rings is 2. The van der Waals surface area contributed by atoms with Crippen LogP contribution in [0.15, 0.2) is 42.6 Å². The zero-order valence-electron chi connectivity index (χ0n) is 16.0. The minimum absolute atomic E-state index is 0.289. The SMILES string of the molecule is COc1ccccc1CNC1CCC(Oc2ccc3[nH]ncc3c2C)CC1. The molecule has 0 saturated heterocycles. The Hall–Kier alpha value is -2.53. The molecule has 27 heavy (non-hydrogen) atoms. The van der Waals surface area contributed by atoms with Gasteiger partial charge in [0.05, 0.1) is 24.9 Å². The molecule has 4 rings (SSSR count). The number of aromatic amines is 1. The Labute approximate surface area is 160 Å². The maximum absolute atomic E-state index is 6.32. The zero-order chi connectivity index (χ0) is 18.6. The Morgan fingerprint density at radius 1 is 1.07 bits per heavy atom. The van der Waals surface area contributed by atoms with Crippen molar-refractivity contribution in [2.75, 3.05) is 7.11 Å². The van der Waals surface area contributed by atoms with Crippen LogP contribution < -0.4 is 14.8 Å². The summed E-state index contributed by atoms with van der Waals surface area (Å²) >= 11 is 0. The largest absolute Gasteiger partial charge is 0.496 e. The summed E-state index contributed by atoms with van der Waals surface area (Å²) < 4.78 is 11.8. The number of nitrogens with one attached hydrogen (secondary N) is 2. The van der Waals surface area contributed by atoms with E-state index in [4.69, 9.17) is 9.47 Å². The fraction of sp³-hybridized carbons (Fsp3) is 0.409. The molecule has 5 heteroatoms. The van der Waals surface area contributed by atoms with Crippen LogP contribution in [-0.4, -0.2) is 29.5 Å². The topological polar surface area (TPSA) is 59.2 Å². The fourth-order valence-corrected chi connectivity index (χ4v) is 3.93. The molecule has 2 N–H and O–H groups in total. The molecule has 0 aliphatic heterocycles. The summed E-state index contributed by atoms with van der Waals surface area (Å²) in [6.45, 7) is 2.95. The van der Waals surface area contributed by atoms with Gasteiger partial charge in [-0.25, -0.2) is 0 Å². The smallest absolute Gasteiger partial charge is 0.123 e. The third-order valence-electron chi connectivity index (χ3n) is 5.59. The molecule has 1 aromatic heterocycles. The van der Waals surface area contributed by atoms with Crippen LogP contribution in [0.25, 0.3) is 10.9 Å². The molecule has 1 saturated carbocycles. The van der Waals surface area contributed by atoms with Crippen molar-refractivity contribution in [3.63, 3.8) is 0 Å². The first kappa shape index (κ1) is 17.9. The number of rotatable bonds is 6. The molecule has 0 radical (unpaired) electrons. The number of H-pyrrole nitrogens is 1. The lowest BCUT2D eigenvalue weighted by Crippen LogP contribution is -2.36. The van der Waals surface area contributed by atoms with Crippen molar-refractivity contribution < 1.29 is 9.47 Å². The van der Waals surface area contributed by atoms with Gasteiger partial charge in [-0.2, -0.15) is 5.10 Å². The molecule has 1 heterocycles. The monoisotopic (exact) mass is 365 g/mol. The lowest BCUT2D eigenvalue weighted by atomic mass is 9.92. The molecule has 2 aromatic carbocycles. The van der Waals surface area contributed by atoms with Crippen molar-refractivity contribution in [2.24, 2.45) is 0 Å². The average Bonchev–Trinajstić information content (AvgIpc) is 3.19. The second-order valence-corrected chi connectivity index (χ2v) is 7.30. The van der Waals surface area contributed by atoms with Gasteiger partial charge in [-0.05, 0) is 50.8 Å². The van der Waals surface area contributed by atoms with Crippen LogP contribution in [0.2, 0.25) is 0 Å². The van der Waals surface area contributed by atoms with E-state index >= 15 is 0 Å². The first-order chi connectivity index (χ1) is 13.2. The van der Waals surface area contributed by atoms with Crippen molar-refractivity contribution in [2.45, 2.75) is 51.3 Å². The highest BCUT2D eigenvalue weighted by Crippen LogP contribution is 2.30. The van der Waals surface area contributed by atoms with E-state index in [1.807, 2.05) is 24.4 Å². The molecule has 142 valence electrons. The lowest BCUT2D eigenvalue weighted by Gasteiger charge is -2.30. The quantitative estimate of drug-likeness (QED) is 0.681. The maximum atomic E-state index is 6.32. The van der Waals surface area contributed by atoms with Crippen LogP contribution in [-0.2, 0) is 6.54 Å². The molecular formula is C22H27N3O2. The van der Waals surface area contributed by atoms with E-state index in [0.29, 0.717) is 6.04 Å². The Morgan fingerprint density at radius 3 is 2.70 bits per heavy atom. The number of fused-ring (bicyclic) bond motifs is 1. The van der Waals surface area contributed by atoms with E-state index in [9.17, 15) is 0 Å². The van der Waals surface area contributed by atoms with Crippen molar-refractivity contribution in [1.29, 1.82) is 0 Å². The number of hydrogen-bond acceptors (Lipinski definition) is 4. The van der Waals surface area contributed by atoms with Gasteiger partial charge in [-0.15, -0.1) is 0 Å². The lowest BCUT2D eigenvalue weighted by molar-refractivity contribution is 0.138. The van der Waals surface area contributed by atoms with Crippen LogP contribution in [0.1, 0.15) is 36.8 Å². The summed E-state index contributed by atoms with van der Waals surface area (Å²) in [4.78, 5) is 0. The second-order valence-electron chi connectivity index (χ2n) is 7.30. The molecule has 1 fully saturated rings. The van der Waals surface area contributed by atoms with E-state index in [2.05, 4.69) is 40.6 Å². The van der Waals surface area contributed by atoms with Crippen molar-refractivity contribution in [3.05, 3.63) is 53.7 Å². The summed E-state index contributed by atoms with van der Waals surface area (Å²) in [5.41, 5.74) is 3.43. The van der Waals surface area contributed by atoms with Crippen molar-refractivity contribution in [3.8, 4) is 11.5 Å². The molecule has 1 aliphatic rings. The predicted molar refractivity (Wildman–Crippen MR) is 107 cm³/mol. The number of para-hydroxylation sites is 1. The normalized spacial score (nSPS) is 19.9. The third-order valence-corrected chi connectivity index (χ3v) is 5.59. The number of ether oxygens (including phenoxy) is 2. The Kier molecular flexibility index (Phi) is 5.30. The Balaban J connectivity index is 1.30. The van der Waals surface area contributed by atoms with Gasteiger partial charge >= 0.3 is 0 Å². The van der Waals surface area contributed by atoms with Gasteiger partial charge in [0.15, 0.2) is 0 Å². The van der Waals surface area contributed by atoms with E-state index in [1.54, 1.807) is 7.11 Å². The molecular weight excluding hydrogens is 338 g/mol. The number of nitrogens with zero attached hydrogens (tertiary/aromatic N) is 1. The Morgan fingerprint density at radius 2 is 1.89 bits per heavy atom. The highest BCUT2D eigenvalue weighted by atomic mass is 16.5. The number of aryl methyl sites for hydroxylation is 1. The van der Waals surface area contributed by atoms with Crippen LogP contribution >= 0.6 is 0 Å². The minimum Gasteiger partial charge on any atom is -0.496 e. The zero-order valence-corrected chi connectivity index (χ0v) is 16.0. The minimum atomic E-state index is 0.289. The summed E-state index contributed by atoms with van der Waals surface area (Å²) in [6.07, 6.45) is 6.58. The van der Waals surface area contributed by atoms with E-state index in [1.165, 1.54) is 5.56 Å². The van der Waals surface area contributed by atoms with E-state index in [0.717, 1.165) is 60.2 Å². The first-order valence-electron chi connectivity index (χ1n) is 9.69. The average molecular weight is 365 g/mol. The second kappa shape index (κ2) is 8.01. The van der Waals surface area contributed by atoms with Crippen LogP contribution in [0, 0.1) is 6.92 Å². The summed E-state index contributed by atoms with van der Waals surface area (Å²) in [5.74, 6) is 1.93. The van der Waals surface area contributed by atoms with Gasteiger partial charge < -0.3 is 14.8 Å². The molecule has 0 atom stereocenters. The van der Waals surface area contributed by atoms with Gasteiger partial charge in [-0.1, -0.05) is 18.2 Å². The predicted octanol–water partition coefficient (Wildman–Crippen LogP) is 4.36. The summed E-state index contributed by atoms with van der Waals surface area (Å²) in [6, 6.07) is 12.8. The summed E-state index contributed by atoms with van der Waals surface area (Å²) in [5, 5.41) is 11.9. The van der Waals surface area contributed by atoms with Crippen molar-refractivity contribution in [1.82, 2.24) is 15.5 Å². The highest BCUT2D eigenvalue weighted by molar-refractivity contribution is 5.83. The van der Waals surface area contributed by atoms with Gasteiger partial charge in [0, 0.05) is 29.1 Å². The third kappa shape index (κ3) is 3.93. The maximum Gasteiger partial charge on any atom is 0.123 e. The molecule has 3 aromatic rings. The van der Waals surface area contributed by atoms with Crippen LogP contribution in [0.5, 0.6) is 11.5 Å². The molecule has 0 spiro atoms. The number of hydrogen-bond donors (Lipinski definition) is 2. The highest BCUT2D eigenvalue weighted by Gasteiger charge is 2.23. The number of methoxy groups -OCH3 is 1.